The summed E-state index contributed by atoms with van der Waals surface area (Å²) in [6.07, 6.45) is 0. The van der Waals surface area contributed by atoms with Crippen molar-refractivity contribution in [3.8, 4) is 33.4 Å². The zero-order chi connectivity index (χ0) is 36.3. The summed E-state index contributed by atoms with van der Waals surface area (Å²) in [5.41, 5.74) is 18.4. The minimum absolute atomic E-state index is 0.0485. The first-order chi connectivity index (χ1) is 26.3. The van der Waals surface area contributed by atoms with E-state index in [1.54, 1.807) is 0 Å². The smallest absolute Gasteiger partial charge is 0.136 e. The number of para-hydroxylation sites is 1. The van der Waals surface area contributed by atoms with Crippen LogP contribution < -0.4 is 4.90 Å². The van der Waals surface area contributed by atoms with Crippen LogP contribution in [-0.4, -0.2) is 0 Å². The lowest BCUT2D eigenvalue weighted by atomic mass is 9.82. The van der Waals surface area contributed by atoms with Crippen LogP contribution in [-0.2, 0) is 10.8 Å². The maximum atomic E-state index is 6.24. The van der Waals surface area contributed by atoms with Crippen molar-refractivity contribution in [3.05, 3.63) is 186 Å². The van der Waals surface area contributed by atoms with E-state index in [0.717, 1.165) is 33.6 Å². The first kappa shape index (κ1) is 31.2. The fourth-order valence-corrected chi connectivity index (χ4v) is 9.75. The lowest BCUT2D eigenvalue weighted by Gasteiger charge is -2.29. The third kappa shape index (κ3) is 4.28. The Morgan fingerprint density at radius 2 is 0.944 bits per heavy atom. The number of nitrogens with zero attached hydrogens (tertiary/aromatic N) is 1. The van der Waals surface area contributed by atoms with Gasteiger partial charge in [-0.3, -0.25) is 0 Å². The molecule has 2 aliphatic rings. The van der Waals surface area contributed by atoms with Gasteiger partial charge in [0.05, 0.1) is 0 Å². The molecule has 1 aromatic heterocycles. The van der Waals surface area contributed by atoms with Gasteiger partial charge in [-0.05, 0) is 115 Å². The summed E-state index contributed by atoms with van der Waals surface area (Å²) in [6.45, 7) is 9.42. The van der Waals surface area contributed by atoms with Crippen molar-refractivity contribution >= 4 is 49.8 Å². The van der Waals surface area contributed by atoms with Crippen LogP contribution in [0, 0.1) is 0 Å². The molecule has 11 rings (SSSR count). The minimum atomic E-state index is -0.0988. The van der Waals surface area contributed by atoms with Crippen LogP contribution in [0.15, 0.2) is 168 Å². The molecule has 2 heteroatoms. The summed E-state index contributed by atoms with van der Waals surface area (Å²) < 4.78 is 6.24. The van der Waals surface area contributed by atoms with E-state index in [4.69, 9.17) is 4.42 Å². The fraction of sp³-hybridized carbons (Fsp3) is 0.115. The highest BCUT2D eigenvalue weighted by molar-refractivity contribution is 6.20. The van der Waals surface area contributed by atoms with Gasteiger partial charge in [0, 0.05) is 38.7 Å². The molecule has 9 aromatic rings. The molecule has 0 fully saturated rings. The Morgan fingerprint density at radius 1 is 0.370 bits per heavy atom. The number of anilines is 3. The SMILES string of the molecule is CC1(C)c2ccccc2-c2cc(N(c3ccc(-c4cccc5c4ccc4oc6ccccc6c45)cc3)c3ccc4c(c3)C(C)(C)c3ccccc3-4)ccc21. The Morgan fingerprint density at radius 3 is 1.74 bits per heavy atom. The van der Waals surface area contributed by atoms with Crippen LogP contribution in [0.3, 0.4) is 0 Å². The first-order valence-corrected chi connectivity index (χ1v) is 19.0. The Balaban J connectivity index is 1.07. The topological polar surface area (TPSA) is 16.4 Å². The first-order valence-electron chi connectivity index (χ1n) is 19.0. The molecule has 54 heavy (non-hydrogen) atoms. The van der Waals surface area contributed by atoms with Gasteiger partial charge >= 0.3 is 0 Å². The molecule has 0 saturated carbocycles. The second-order valence-corrected chi connectivity index (χ2v) is 16.1. The predicted octanol–water partition coefficient (Wildman–Crippen LogP) is 14.5. The molecule has 0 bridgehead atoms. The quantitative estimate of drug-likeness (QED) is 0.182. The molecule has 0 radical (unpaired) electrons. The Kier molecular flexibility index (Phi) is 6.39. The summed E-state index contributed by atoms with van der Waals surface area (Å²) >= 11 is 0. The molecule has 1 heterocycles. The van der Waals surface area contributed by atoms with Gasteiger partial charge in [-0.1, -0.05) is 143 Å². The van der Waals surface area contributed by atoms with Gasteiger partial charge in [-0.25, -0.2) is 0 Å². The van der Waals surface area contributed by atoms with E-state index in [0.29, 0.717) is 0 Å². The molecule has 0 atom stereocenters. The third-order valence-corrected chi connectivity index (χ3v) is 12.5. The largest absolute Gasteiger partial charge is 0.456 e. The summed E-state index contributed by atoms with van der Waals surface area (Å²) in [4.78, 5) is 2.45. The molecule has 0 spiro atoms. The Labute approximate surface area is 315 Å². The van der Waals surface area contributed by atoms with Crippen LogP contribution in [0.25, 0.3) is 66.1 Å². The van der Waals surface area contributed by atoms with Gasteiger partial charge < -0.3 is 9.32 Å². The molecule has 2 aliphatic carbocycles. The van der Waals surface area contributed by atoms with Gasteiger partial charge in [0.25, 0.3) is 0 Å². The van der Waals surface area contributed by atoms with Crippen molar-refractivity contribution in [2.24, 2.45) is 0 Å². The molecular formula is C52H39NO. The van der Waals surface area contributed by atoms with Crippen molar-refractivity contribution in [3.63, 3.8) is 0 Å². The van der Waals surface area contributed by atoms with Crippen molar-refractivity contribution < 1.29 is 4.42 Å². The second kappa shape index (κ2) is 11.1. The van der Waals surface area contributed by atoms with Crippen LogP contribution in [0.4, 0.5) is 17.1 Å². The second-order valence-electron chi connectivity index (χ2n) is 16.1. The van der Waals surface area contributed by atoms with Gasteiger partial charge in [-0.2, -0.15) is 0 Å². The van der Waals surface area contributed by atoms with Crippen LogP contribution in [0.1, 0.15) is 49.9 Å². The van der Waals surface area contributed by atoms with Gasteiger partial charge in [0.1, 0.15) is 11.2 Å². The predicted molar refractivity (Wildman–Crippen MR) is 226 cm³/mol. The van der Waals surface area contributed by atoms with Crippen LogP contribution >= 0.6 is 0 Å². The van der Waals surface area contributed by atoms with Gasteiger partial charge in [0.15, 0.2) is 0 Å². The lowest BCUT2D eigenvalue weighted by Crippen LogP contribution is -2.17. The Bertz CT molecular complexity index is 3000. The average molecular weight is 694 g/mol. The van der Waals surface area contributed by atoms with Crippen LogP contribution in [0.2, 0.25) is 0 Å². The van der Waals surface area contributed by atoms with Crippen molar-refractivity contribution in [1.29, 1.82) is 0 Å². The standard InChI is InChI=1S/C52H39NO/c1-51(2)45-18-9-6-13-39(45)43-30-34(25-28-46(43)51)53(35-24-26-40-38-12-5-8-17-44(38)52(3,4)47(40)31-35)33-22-20-32(21-23-33)36-15-11-16-41-37(36)27-29-49-50(41)42-14-7-10-19-48(42)54-49/h5-31H,1-4H3. The van der Waals surface area contributed by atoms with E-state index in [2.05, 4.69) is 190 Å². The van der Waals surface area contributed by atoms with Crippen molar-refractivity contribution in [1.82, 2.24) is 0 Å². The van der Waals surface area contributed by atoms with Crippen LogP contribution in [0.5, 0.6) is 0 Å². The number of furan rings is 1. The number of benzene rings is 8. The Hall–Kier alpha value is -6.38. The monoisotopic (exact) mass is 693 g/mol. The van der Waals surface area contributed by atoms with E-state index >= 15 is 0 Å². The number of hydrogen-bond acceptors (Lipinski definition) is 2. The van der Waals surface area contributed by atoms with E-state index in [9.17, 15) is 0 Å². The molecule has 8 aromatic carbocycles. The number of hydrogen-bond donors (Lipinski definition) is 0. The molecule has 0 amide bonds. The number of rotatable bonds is 4. The zero-order valence-electron chi connectivity index (χ0n) is 30.9. The maximum absolute atomic E-state index is 6.24. The molecule has 0 aliphatic heterocycles. The average Bonchev–Trinajstić information content (AvgIpc) is 3.78. The number of fused-ring (bicyclic) bond motifs is 11. The molecule has 2 nitrogen and oxygen atoms in total. The van der Waals surface area contributed by atoms with Crippen molar-refractivity contribution in [2.45, 2.75) is 38.5 Å². The summed E-state index contributed by atoms with van der Waals surface area (Å²) in [7, 11) is 0. The highest BCUT2D eigenvalue weighted by atomic mass is 16.3. The van der Waals surface area contributed by atoms with E-state index < -0.39 is 0 Å². The highest BCUT2D eigenvalue weighted by Gasteiger charge is 2.37. The molecule has 0 unspecified atom stereocenters. The molecular weight excluding hydrogens is 655 g/mol. The van der Waals surface area contributed by atoms with E-state index in [1.807, 2.05) is 6.07 Å². The zero-order valence-corrected chi connectivity index (χ0v) is 30.9. The summed E-state index contributed by atoms with van der Waals surface area (Å²) in [5.74, 6) is 0. The normalized spacial score (nSPS) is 14.6. The van der Waals surface area contributed by atoms with E-state index in [-0.39, 0.29) is 10.8 Å². The molecule has 0 saturated heterocycles. The van der Waals surface area contributed by atoms with Gasteiger partial charge in [-0.15, -0.1) is 0 Å². The summed E-state index contributed by atoms with van der Waals surface area (Å²) in [5, 5.41) is 4.77. The lowest BCUT2D eigenvalue weighted by molar-refractivity contribution is 0.660. The fourth-order valence-electron chi connectivity index (χ4n) is 9.75. The van der Waals surface area contributed by atoms with Gasteiger partial charge in [0.2, 0.25) is 0 Å². The minimum Gasteiger partial charge on any atom is -0.456 e. The molecule has 258 valence electrons. The van der Waals surface area contributed by atoms with E-state index in [1.165, 1.54) is 71.8 Å². The highest BCUT2D eigenvalue weighted by Crippen LogP contribution is 2.53. The third-order valence-electron chi connectivity index (χ3n) is 12.5. The van der Waals surface area contributed by atoms with Crippen molar-refractivity contribution in [2.75, 3.05) is 4.90 Å². The summed E-state index contributed by atoms with van der Waals surface area (Å²) in [6, 6.07) is 60.4. The molecule has 0 N–H and O–H groups in total. The maximum Gasteiger partial charge on any atom is 0.136 e.